The van der Waals surface area contributed by atoms with Crippen molar-refractivity contribution >= 4 is 17.8 Å². The van der Waals surface area contributed by atoms with Gasteiger partial charge in [-0.1, -0.05) is 42.0 Å². The van der Waals surface area contributed by atoms with Gasteiger partial charge in [-0.25, -0.2) is 0 Å². The average Bonchev–Trinajstić information content (AvgIpc) is 2.83. The Kier molecular flexibility index (Phi) is 8.56. The molecule has 0 bridgehead atoms. The highest BCUT2D eigenvalue weighted by Crippen LogP contribution is 2.26. The molecule has 2 aromatic rings. The Balaban J connectivity index is 1.72. The molecule has 2 amide bonds. The summed E-state index contributed by atoms with van der Waals surface area (Å²) in [6.45, 7) is -0.584. The smallest absolute Gasteiger partial charge is 0.387 e. The lowest BCUT2D eigenvalue weighted by atomic mass is 9.94. The molecule has 7 nitrogen and oxygen atoms in total. The molecule has 1 heterocycles. The molecule has 2 unspecified atom stereocenters. The van der Waals surface area contributed by atoms with Gasteiger partial charge in [0.2, 0.25) is 5.91 Å². The number of aryl methyl sites for hydroxylation is 1. The zero-order chi connectivity index (χ0) is 24.7. The number of hydrogen-bond acceptors (Lipinski definition) is 5. The van der Waals surface area contributed by atoms with Crippen LogP contribution in [-0.4, -0.2) is 49.5 Å². The van der Waals surface area contributed by atoms with E-state index in [4.69, 9.17) is 4.74 Å². The van der Waals surface area contributed by atoms with Crippen molar-refractivity contribution in [3.63, 3.8) is 0 Å². The van der Waals surface area contributed by atoms with Crippen LogP contribution in [0.15, 0.2) is 48.5 Å². The lowest BCUT2D eigenvalue weighted by Crippen LogP contribution is -2.46. The van der Waals surface area contributed by atoms with Crippen molar-refractivity contribution in [1.82, 2.24) is 10.2 Å². The number of carbonyl (C=O) groups is 3. The van der Waals surface area contributed by atoms with E-state index in [1.807, 2.05) is 31.2 Å². The number of esters is 1. The molecule has 1 N–H and O–H groups in total. The SMILES string of the molecule is COC(=O)CC(NC(=O)C1CCCN(C(=O)c2ccccc2OC(F)F)C1)c1ccc(C)cc1. The first-order chi connectivity index (χ1) is 16.3. The van der Waals surface area contributed by atoms with Gasteiger partial charge < -0.3 is 19.7 Å². The highest BCUT2D eigenvalue weighted by molar-refractivity contribution is 5.97. The third kappa shape index (κ3) is 6.52. The maximum absolute atomic E-state index is 13.1. The summed E-state index contributed by atoms with van der Waals surface area (Å²) in [5.74, 6) is -1.93. The Labute approximate surface area is 197 Å². The number of nitrogens with one attached hydrogen (secondary N) is 1. The van der Waals surface area contributed by atoms with E-state index in [1.54, 1.807) is 6.07 Å². The van der Waals surface area contributed by atoms with Gasteiger partial charge in [0.1, 0.15) is 5.75 Å². The van der Waals surface area contributed by atoms with Crippen molar-refractivity contribution in [2.45, 2.75) is 38.8 Å². The Morgan fingerprint density at radius 3 is 2.50 bits per heavy atom. The molecule has 0 aliphatic carbocycles. The zero-order valence-corrected chi connectivity index (χ0v) is 19.1. The number of nitrogens with zero attached hydrogens (tertiary/aromatic N) is 1. The molecular weight excluding hydrogens is 446 g/mol. The fourth-order valence-electron chi connectivity index (χ4n) is 3.98. The van der Waals surface area contributed by atoms with E-state index >= 15 is 0 Å². The van der Waals surface area contributed by atoms with Crippen LogP contribution in [-0.2, 0) is 14.3 Å². The molecular formula is C25H28F2N2O5. The van der Waals surface area contributed by atoms with Crippen LogP contribution in [0.4, 0.5) is 8.78 Å². The number of carbonyl (C=O) groups excluding carboxylic acids is 3. The molecule has 3 rings (SSSR count). The second-order valence-corrected chi connectivity index (χ2v) is 8.22. The first kappa shape index (κ1) is 25.1. The number of likely N-dealkylation sites (tertiary alicyclic amines) is 1. The molecule has 0 saturated carbocycles. The average molecular weight is 475 g/mol. The van der Waals surface area contributed by atoms with Gasteiger partial charge in [0.15, 0.2) is 0 Å². The fourth-order valence-corrected chi connectivity index (χ4v) is 3.98. The van der Waals surface area contributed by atoms with Gasteiger partial charge in [0, 0.05) is 13.1 Å². The Morgan fingerprint density at radius 1 is 1.12 bits per heavy atom. The van der Waals surface area contributed by atoms with E-state index < -0.39 is 30.4 Å². The number of alkyl halides is 2. The Bertz CT molecular complexity index is 1010. The second-order valence-electron chi connectivity index (χ2n) is 8.22. The summed E-state index contributed by atoms with van der Waals surface area (Å²) in [5.41, 5.74) is 1.84. The molecule has 2 aromatic carbocycles. The van der Waals surface area contributed by atoms with Gasteiger partial charge >= 0.3 is 12.6 Å². The first-order valence-corrected chi connectivity index (χ1v) is 11.1. The summed E-state index contributed by atoms with van der Waals surface area (Å²) in [7, 11) is 1.29. The summed E-state index contributed by atoms with van der Waals surface area (Å²) in [6.07, 6.45) is 1.11. The van der Waals surface area contributed by atoms with E-state index in [1.165, 1.54) is 30.2 Å². The highest BCUT2D eigenvalue weighted by atomic mass is 19.3. The number of piperidine rings is 1. The topological polar surface area (TPSA) is 84.9 Å². The second kappa shape index (κ2) is 11.6. The van der Waals surface area contributed by atoms with E-state index in [2.05, 4.69) is 10.1 Å². The minimum atomic E-state index is -3.05. The molecule has 1 saturated heterocycles. The molecule has 9 heteroatoms. The maximum atomic E-state index is 13.1. The molecule has 1 fully saturated rings. The maximum Gasteiger partial charge on any atom is 0.387 e. The number of para-hydroxylation sites is 1. The number of amides is 2. The largest absolute Gasteiger partial charge is 0.469 e. The van der Waals surface area contributed by atoms with Crippen molar-refractivity contribution in [3.8, 4) is 5.75 Å². The monoisotopic (exact) mass is 474 g/mol. The third-order valence-electron chi connectivity index (χ3n) is 5.81. The molecule has 34 heavy (non-hydrogen) atoms. The molecule has 0 radical (unpaired) electrons. The minimum absolute atomic E-state index is 0.0204. The number of ether oxygens (including phenoxy) is 2. The summed E-state index contributed by atoms with van der Waals surface area (Å²) >= 11 is 0. The predicted octanol–water partition coefficient (Wildman–Crippen LogP) is 3.87. The van der Waals surface area contributed by atoms with Crippen LogP contribution in [0.3, 0.4) is 0 Å². The molecule has 1 aliphatic rings. The van der Waals surface area contributed by atoms with E-state index in [0.29, 0.717) is 19.4 Å². The van der Waals surface area contributed by atoms with Crippen molar-refractivity contribution < 1.29 is 32.6 Å². The third-order valence-corrected chi connectivity index (χ3v) is 5.81. The number of hydrogen-bond donors (Lipinski definition) is 1. The van der Waals surface area contributed by atoms with Gasteiger partial charge in [0.05, 0.1) is 31.1 Å². The zero-order valence-electron chi connectivity index (χ0n) is 19.1. The Morgan fingerprint density at radius 2 is 1.82 bits per heavy atom. The van der Waals surface area contributed by atoms with Gasteiger partial charge in [-0.2, -0.15) is 8.78 Å². The van der Waals surface area contributed by atoms with Gasteiger partial charge in [-0.15, -0.1) is 0 Å². The quantitative estimate of drug-likeness (QED) is 0.587. The molecule has 0 spiro atoms. The molecule has 182 valence electrons. The molecule has 1 aliphatic heterocycles. The van der Waals surface area contributed by atoms with Crippen LogP contribution in [0, 0.1) is 12.8 Å². The van der Waals surface area contributed by atoms with E-state index in [0.717, 1.165) is 11.1 Å². The van der Waals surface area contributed by atoms with Gasteiger partial charge in [0.25, 0.3) is 5.91 Å². The molecule has 0 aromatic heterocycles. The van der Waals surface area contributed by atoms with Gasteiger partial charge in [-0.05, 0) is 37.5 Å². The van der Waals surface area contributed by atoms with Crippen molar-refractivity contribution in [1.29, 1.82) is 0 Å². The van der Waals surface area contributed by atoms with Crippen LogP contribution in [0.1, 0.15) is 46.8 Å². The Hall–Kier alpha value is -3.49. The van der Waals surface area contributed by atoms with Crippen molar-refractivity contribution in [3.05, 3.63) is 65.2 Å². The lowest BCUT2D eigenvalue weighted by molar-refractivity contribution is -0.141. The highest BCUT2D eigenvalue weighted by Gasteiger charge is 2.32. The number of methoxy groups -OCH3 is 1. The lowest BCUT2D eigenvalue weighted by Gasteiger charge is -2.33. The number of halogens is 2. The summed E-state index contributed by atoms with van der Waals surface area (Å²) in [4.78, 5) is 39.6. The summed E-state index contributed by atoms with van der Waals surface area (Å²) < 4.78 is 34.7. The minimum Gasteiger partial charge on any atom is -0.469 e. The predicted molar refractivity (Wildman–Crippen MR) is 120 cm³/mol. The first-order valence-electron chi connectivity index (χ1n) is 11.1. The standard InChI is InChI=1S/C25H28F2N2O5/c1-16-9-11-17(12-10-16)20(14-22(30)33-2)28-23(31)18-6-5-13-29(15-18)24(32)19-7-3-4-8-21(19)34-25(26)27/h3-4,7-12,18,20,25H,5-6,13-15H2,1-2H3,(H,28,31). The van der Waals surface area contributed by atoms with E-state index in [9.17, 15) is 23.2 Å². The summed E-state index contributed by atoms with van der Waals surface area (Å²) in [6, 6.07) is 12.7. The van der Waals surface area contributed by atoms with Crippen LogP contribution >= 0.6 is 0 Å². The molecule has 2 atom stereocenters. The fraction of sp³-hybridized carbons (Fsp3) is 0.400. The van der Waals surface area contributed by atoms with Crippen molar-refractivity contribution in [2.75, 3.05) is 20.2 Å². The van der Waals surface area contributed by atoms with Crippen molar-refractivity contribution in [2.24, 2.45) is 5.92 Å². The van der Waals surface area contributed by atoms with Gasteiger partial charge in [-0.3, -0.25) is 14.4 Å². The number of benzene rings is 2. The van der Waals surface area contributed by atoms with E-state index in [-0.39, 0.29) is 30.2 Å². The van der Waals surface area contributed by atoms with Crippen LogP contribution in [0.2, 0.25) is 0 Å². The van der Waals surface area contributed by atoms with Crippen LogP contribution in [0.25, 0.3) is 0 Å². The normalized spacial score (nSPS) is 16.6. The van der Waals surface area contributed by atoms with Crippen LogP contribution < -0.4 is 10.1 Å². The van der Waals surface area contributed by atoms with Crippen LogP contribution in [0.5, 0.6) is 5.75 Å². The number of rotatable bonds is 8. The summed E-state index contributed by atoms with van der Waals surface area (Å²) in [5, 5.41) is 2.92.